The Morgan fingerprint density at radius 1 is 0.967 bits per heavy atom. The van der Waals surface area contributed by atoms with E-state index < -0.39 is 0 Å². The lowest BCUT2D eigenvalue weighted by Crippen LogP contribution is -2.06. The molecule has 4 rings (SSSR count). The fraction of sp³-hybridized carbons (Fsp3) is 0.0909. The van der Waals surface area contributed by atoms with E-state index in [0.29, 0.717) is 29.5 Å². The molecule has 0 unspecified atom stereocenters. The smallest absolute Gasteiger partial charge is 0.338 e. The highest BCUT2D eigenvalue weighted by Gasteiger charge is 2.11. The third-order valence-electron chi connectivity index (χ3n) is 4.43. The van der Waals surface area contributed by atoms with Gasteiger partial charge in [0.05, 0.1) is 23.4 Å². The average molecular weight is 400 g/mol. The summed E-state index contributed by atoms with van der Waals surface area (Å²) in [6.45, 7) is 2.10. The lowest BCUT2D eigenvalue weighted by molar-refractivity contribution is 0.0526. The van der Waals surface area contributed by atoms with Gasteiger partial charge < -0.3 is 21.1 Å². The van der Waals surface area contributed by atoms with Crippen molar-refractivity contribution in [2.24, 2.45) is 0 Å². The minimum absolute atomic E-state index is 0.332. The van der Waals surface area contributed by atoms with Crippen molar-refractivity contribution in [3.63, 3.8) is 0 Å². The van der Waals surface area contributed by atoms with Crippen LogP contribution in [0.2, 0.25) is 0 Å². The molecule has 0 fully saturated rings. The number of nitrogens with one attached hydrogen (secondary N) is 2. The van der Waals surface area contributed by atoms with Gasteiger partial charge in [-0.1, -0.05) is 18.2 Å². The van der Waals surface area contributed by atoms with Crippen LogP contribution in [-0.2, 0) is 4.74 Å². The van der Waals surface area contributed by atoms with Crippen LogP contribution in [0, 0.1) is 0 Å². The molecule has 0 saturated heterocycles. The van der Waals surface area contributed by atoms with Crippen LogP contribution in [0.15, 0.2) is 67.1 Å². The molecule has 2 aromatic carbocycles. The molecule has 2 heterocycles. The number of ether oxygens (including phenoxy) is 1. The molecule has 0 amide bonds. The second kappa shape index (κ2) is 8.44. The maximum Gasteiger partial charge on any atom is 0.338 e. The average Bonchev–Trinajstić information content (AvgIpc) is 2.77. The third-order valence-corrected chi connectivity index (χ3v) is 4.43. The highest BCUT2D eigenvalue weighted by molar-refractivity contribution is 5.93. The largest absolute Gasteiger partial charge is 0.462 e. The first-order valence-corrected chi connectivity index (χ1v) is 9.41. The van der Waals surface area contributed by atoms with Crippen molar-refractivity contribution in [1.29, 1.82) is 0 Å². The van der Waals surface area contributed by atoms with E-state index in [4.69, 9.17) is 10.5 Å². The summed E-state index contributed by atoms with van der Waals surface area (Å²) in [7, 11) is 0. The van der Waals surface area contributed by atoms with E-state index in [0.717, 1.165) is 22.3 Å². The number of hydrogen-bond acceptors (Lipinski definition) is 8. The van der Waals surface area contributed by atoms with Crippen LogP contribution in [0.3, 0.4) is 0 Å². The van der Waals surface area contributed by atoms with Gasteiger partial charge in [0.1, 0.15) is 12.0 Å². The number of rotatable bonds is 6. The summed E-state index contributed by atoms with van der Waals surface area (Å²) in [5, 5.41) is 7.40. The van der Waals surface area contributed by atoms with E-state index in [1.54, 1.807) is 37.4 Å². The van der Waals surface area contributed by atoms with Crippen molar-refractivity contribution >= 4 is 45.6 Å². The Hall–Kier alpha value is -4.20. The summed E-state index contributed by atoms with van der Waals surface area (Å²) in [5.41, 5.74) is 9.48. The Labute approximate surface area is 173 Å². The number of esters is 1. The van der Waals surface area contributed by atoms with Crippen LogP contribution in [0.1, 0.15) is 17.3 Å². The van der Waals surface area contributed by atoms with Crippen LogP contribution in [-0.4, -0.2) is 27.5 Å². The van der Waals surface area contributed by atoms with Crippen molar-refractivity contribution < 1.29 is 9.53 Å². The Morgan fingerprint density at radius 2 is 1.70 bits per heavy atom. The SMILES string of the molecule is CCOC(=O)c1ccc(Nc2ncnc(Nc3cccc4cccnc34)c2N)cc1. The van der Waals surface area contributed by atoms with Crippen molar-refractivity contribution in [2.45, 2.75) is 6.92 Å². The standard InChI is InChI=1S/C22H20N6O2/c1-2-30-22(29)15-8-10-16(11-9-15)27-20-18(23)21(26-13-25-20)28-17-7-3-5-14-6-4-12-24-19(14)17/h3-13H,2,23H2,1H3,(H2,25,26,27,28). The van der Waals surface area contributed by atoms with Crippen LogP contribution < -0.4 is 16.4 Å². The number of nitrogens with two attached hydrogens (primary N) is 1. The molecular formula is C22H20N6O2. The molecule has 0 bridgehead atoms. The first-order chi connectivity index (χ1) is 14.7. The number of carbonyl (C=O) groups is 1. The van der Waals surface area contributed by atoms with Crippen molar-refractivity contribution in [1.82, 2.24) is 15.0 Å². The minimum atomic E-state index is -0.360. The summed E-state index contributed by atoms with van der Waals surface area (Å²) in [6, 6.07) is 16.6. The first-order valence-electron chi connectivity index (χ1n) is 9.41. The zero-order valence-corrected chi connectivity index (χ0v) is 16.3. The van der Waals surface area contributed by atoms with Gasteiger partial charge in [-0.25, -0.2) is 14.8 Å². The second-order valence-corrected chi connectivity index (χ2v) is 6.41. The minimum Gasteiger partial charge on any atom is -0.462 e. The predicted molar refractivity (Wildman–Crippen MR) is 117 cm³/mol. The van der Waals surface area contributed by atoms with Crippen molar-refractivity contribution in [2.75, 3.05) is 23.0 Å². The lowest BCUT2D eigenvalue weighted by atomic mass is 10.2. The van der Waals surface area contributed by atoms with E-state index in [1.165, 1.54) is 6.33 Å². The Bertz CT molecular complexity index is 1190. The van der Waals surface area contributed by atoms with Gasteiger partial charge in [0.25, 0.3) is 0 Å². The van der Waals surface area contributed by atoms with Gasteiger partial charge in [-0.3, -0.25) is 4.98 Å². The number of para-hydroxylation sites is 1. The van der Waals surface area contributed by atoms with E-state index >= 15 is 0 Å². The number of carbonyl (C=O) groups excluding carboxylic acids is 1. The zero-order chi connectivity index (χ0) is 20.9. The van der Waals surface area contributed by atoms with Gasteiger partial charge in [0.2, 0.25) is 0 Å². The summed E-state index contributed by atoms with van der Waals surface area (Å²) in [4.78, 5) is 24.7. The molecule has 0 aliphatic rings. The molecule has 2 aromatic heterocycles. The molecule has 4 aromatic rings. The molecule has 0 aliphatic heterocycles. The monoisotopic (exact) mass is 400 g/mol. The summed E-state index contributed by atoms with van der Waals surface area (Å²) in [5.74, 6) is 0.555. The maximum atomic E-state index is 11.8. The molecule has 8 heteroatoms. The fourth-order valence-corrected chi connectivity index (χ4v) is 2.97. The number of hydrogen-bond donors (Lipinski definition) is 3. The van der Waals surface area contributed by atoms with E-state index in [1.807, 2.05) is 30.3 Å². The molecule has 150 valence electrons. The summed E-state index contributed by atoms with van der Waals surface area (Å²) < 4.78 is 4.99. The Kier molecular flexibility index (Phi) is 5.38. The number of fused-ring (bicyclic) bond motifs is 1. The zero-order valence-electron chi connectivity index (χ0n) is 16.3. The topological polar surface area (TPSA) is 115 Å². The van der Waals surface area contributed by atoms with Gasteiger partial charge in [-0.15, -0.1) is 0 Å². The molecule has 30 heavy (non-hydrogen) atoms. The lowest BCUT2D eigenvalue weighted by Gasteiger charge is -2.13. The van der Waals surface area contributed by atoms with E-state index in [9.17, 15) is 4.79 Å². The molecular weight excluding hydrogens is 380 g/mol. The van der Waals surface area contributed by atoms with Crippen molar-refractivity contribution in [3.05, 3.63) is 72.7 Å². The van der Waals surface area contributed by atoms with Crippen LogP contribution in [0.5, 0.6) is 0 Å². The molecule has 0 spiro atoms. The van der Waals surface area contributed by atoms with Gasteiger partial charge in [-0.05, 0) is 43.3 Å². The molecule has 0 atom stereocenters. The van der Waals surface area contributed by atoms with Crippen molar-refractivity contribution in [3.8, 4) is 0 Å². The number of aromatic nitrogens is 3. The molecule has 8 nitrogen and oxygen atoms in total. The van der Waals surface area contributed by atoms with Gasteiger partial charge >= 0.3 is 5.97 Å². The van der Waals surface area contributed by atoms with E-state index in [2.05, 4.69) is 25.6 Å². The summed E-state index contributed by atoms with van der Waals surface area (Å²) >= 11 is 0. The Morgan fingerprint density at radius 3 is 2.47 bits per heavy atom. The molecule has 0 aliphatic carbocycles. The number of nitrogen functional groups attached to an aromatic ring is 1. The fourth-order valence-electron chi connectivity index (χ4n) is 2.97. The highest BCUT2D eigenvalue weighted by atomic mass is 16.5. The first kappa shape index (κ1) is 19.1. The van der Waals surface area contributed by atoms with Gasteiger partial charge in [0, 0.05) is 17.3 Å². The number of pyridine rings is 1. The van der Waals surface area contributed by atoms with Gasteiger partial charge in [0.15, 0.2) is 11.6 Å². The van der Waals surface area contributed by atoms with Crippen LogP contribution >= 0.6 is 0 Å². The second-order valence-electron chi connectivity index (χ2n) is 6.41. The molecule has 0 saturated carbocycles. The van der Waals surface area contributed by atoms with Crippen LogP contribution in [0.4, 0.5) is 28.7 Å². The predicted octanol–water partition coefficient (Wildman–Crippen LogP) is 4.27. The summed E-state index contributed by atoms with van der Waals surface area (Å²) in [6.07, 6.45) is 3.16. The molecule has 0 radical (unpaired) electrons. The number of anilines is 5. The highest BCUT2D eigenvalue weighted by Crippen LogP contribution is 2.30. The third kappa shape index (κ3) is 3.97. The van der Waals surface area contributed by atoms with E-state index in [-0.39, 0.29) is 5.97 Å². The molecule has 4 N–H and O–H groups in total. The normalized spacial score (nSPS) is 10.6. The quantitative estimate of drug-likeness (QED) is 0.411. The van der Waals surface area contributed by atoms with Gasteiger partial charge in [-0.2, -0.15) is 0 Å². The number of benzene rings is 2. The Balaban J connectivity index is 1.57. The number of nitrogens with zero attached hydrogens (tertiary/aromatic N) is 3. The van der Waals surface area contributed by atoms with Crippen LogP contribution in [0.25, 0.3) is 10.9 Å². The maximum absolute atomic E-state index is 11.8.